The van der Waals surface area contributed by atoms with Gasteiger partial charge in [-0.1, -0.05) is 52.2 Å². The molecular weight excluding hydrogens is 402 g/mol. The number of Topliss-reactive ketones (excluding diaryl/α,β-unsaturated/α-hetero) is 1. The first-order valence-electron chi connectivity index (χ1n) is 12.1. The van der Waals surface area contributed by atoms with Crippen LogP contribution in [0.1, 0.15) is 80.1 Å². The van der Waals surface area contributed by atoms with Crippen molar-refractivity contribution in [3.05, 3.63) is 24.3 Å². The lowest BCUT2D eigenvalue weighted by molar-refractivity contribution is -0.125. The fourth-order valence-corrected chi connectivity index (χ4v) is 4.61. The van der Waals surface area contributed by atoms with Gasteiger partial charge in [0.15, 0.2) is 5.78 Å². The van der Waals surface area contributed by atoms with Crippen LogP contribution in [0.15, 0.2) is 24.3 Å². The number of hydrogen-bond acceptors (Lipinski definition) is 5. The Morgan fingerprint density at radius 3 is 2.19 bits per heavy atom. The second-order valence-corrected chi connectivity index (χ2v) is 11.2. The number of amides is 1. The Hall–Kier alpha value is -2.24. The molecule has 1 N–H and O–H groups in total. The lowest BCUT2D eigenvalue weighted by Crippen LogP contribution is -2.52. The number of ether oxygens (including phenoxy) is 1. The van der Waals surface area contributed by atoms with Crippen molar-refractivity contribution in [2.24, 2.45) is 5.41 Å². The Morgan fingerprint density at radius 1 is 0.969 bits per heavy atom. The van der Waals surface area contributed by atoms with Gasteiger partial charge in [0.2, 0.25) is 0 Å². The molecule has 3 rings (SSSR count). The van der Waals surface area contributed by atoms with Crippen molar-refractivity contribution in [1.82, 2.24) is 5.32 Å². The molecule has 0 aromatic heterocycles. The highest BCUT2D eigenvalue weighted by Gasteiger charge is 2.35. The van der Waals surface area contributed by atoms with E-state index in [1.165, 1.54) is 32.1 Å². The number of benzene rings is 1. The van der Waals surface area contributed by atoms with Crippen LogP contribution < -0.4 is 15.1 Å². The van der Waals surface area contributed by atoms with Crippen LogP contribution in [0.25, 0.3) is 0 Å². The van der Waals surface area contributed by atoms with Crippen molar-refractivity contribution >= 4 is 23.3 Å². The Balaban J connectivity index is 1.95. The first-order chi connectivity index (χ1) is 15.0. The predicted octanol–water partition coefficient (Wildman–Crippen LogP) is 5.50. The van der Waals surface area contributed by atoms with Gasteiger partial charge in [-0.3, -0.25) is 4.79 Å². The van der Waals surface area contributed by atoms with E-state index in [1.54, 1.807) is 0 Å². The van der Waals surface area contributed by atoms with E-state index in [0.717, 1.165) is 24.3 Å². The molecule has 32 heavy (non-hydrogen) atoms. The molecule has 2 aliphatic rings. The number of nitrogens with one attached hydrogen (secondary N) is 1. The van der Waals surface area contributed by atoms with Crippen molar-refractivity contribution in [2.75, 3.05) is 22.9 Å². The minimum absolute atomic E-state index is 0.148. The van der Waals surface area contributed by atoms with E-state index in [9.17, 15) is 9.59 Å². The molecular formula is C26H41N3O3. The molecule has 0 radical (unpaired) electrons. The zero-order chi connectivity index (χ0) is 23.5. The number of fused-ring (bicyclic) bond motifs is 1. The minimum Gasteiger partial charge on any atom is -0.444 e. The van der Waals surface area contributed by atoms with Gasteiger partial charge in [0.1, 0.15) is 11.8 Å². The normalized spacial score (nSPS) is 20.4. The van der Waals surface area contributed by atoms with Gasteiger partial charge < -0.3 is 19.9 Å². The summed E-state index contributed by atoms with van der Waals surface area (Å²) < 4.78 is 5.56. The van der Waals surface area contributed by atoms with Gasteiger partial charge in [0.05, 0.1) is 17.9 Å². The summed E-state index contributed by atoms with van der Waals surface area (Å²) in [5.41, 5.74) is 1.14. The monoisotopic (exact) mass is 443 g/mol. The third kappa shape index (κ3) is 6.17. The van der Waals surface area contributed by atoms with Crippen LogP contribution in [-0.4, -0.2) is 42.8 Å². The number of alkyl carbamates (subject to hydrolysis) is 1. The fourth-order valence-electron chi connectivity index (χ4n) is 4.61. The van der Waals surface area contributed by atoms with Crippen molar-refractivity contribution in [2.45, 2.75) is 97.9 Å². The summed E-state index contributed by atoms with van der Waals surface area (Å²) in [6.07, 6.45) is 6.18. The number of anilines is 2. The summed E-state index contributed by atoms with van der Waals surface area (Å²) >= 11 is 0. The fraction of sp³-hybridized carbons (Fsp3) is 0.692. The first-order valence-corrected chi connectivity index (χ1v) is 12.1. The second kappa shape index (κ2) is 9.72. The molecule has 6 nitrogen and oxygen atoms in total. The Labute approximate surface area is 193 Å². The van der Waals surface area contributed by atoms with Crippen LogP contribution >= 0.6 is 0 Å². The van der Waals surface area contributed by atoms with Crippen LogP contribution in [0.2, 0.25) is 0 Å². The van der Waals surface area contributed by atoms with Crippen LogP contribution in [-0.2, 0) is 9.53 Å². The molecule has 1 aliphatic heterocycles. The van der Waals surface area contributed by atoms with E-state index < -0.39 is 17.1 Å². The summed E-state index contributed by atoms with van der Waals surface area (Å²) in [5, 5.41) is 3.07. The summed E-state index contributed by atoms with van der Waals surface area (Å²) in [6.45, 7) is 12.5. The Bertz CT molecular complexity index is 803. The Morgan fingerprint density at radius 2 is 1.59 bits per heavy atom. The van der Waals surface area contributed by atoms with Crippen molar-refractivity contribution in [3.8, 4) is 0 Å². The van der Waals surface area contributed by atoms with Gasteiger partial charge in [-0.2, -0.15) is 0 Å². The third-order valence-corrected chi connectivity index (χ3v) is 6.37. The zero-order valence-electron chi connectivity index (χ0n) is 20.7. The number of carbonyl (C=O) groups is 2. The van der Waals surface area contributed by atoms with Crippen LogP contribution in [0, 0.1) is 5.41 Å². The standard InChI is InChI=1S/C26H41N3O3/c1-25(2,3)22(30)18-29-21-15-11-10-14-20(21)28(19-12-8-7-9-13-19)17-16-23(29)27-24(31)32-26(4,5)6/h10-11,14-15,19,23H,7-9,12-13,16-18H2,1-6H3,(H,27,31)/t23-/m1/s1. The summed E-state index contributed by atoms with van der Waals surface area (Å²) in [4.78, 5) is 30.4. The smallest absolute Gasteiger partial charge is 0.409 e. The van der Waals surface area contributed by atoms with Gasteiger partial charge >= 0.3 is 6.09 Å². The maximum Gasteiger partial charge on any atom is 0.409 e. The van der Waals surface area contributed by atoms with Crippen LogP contribution in [0.5, 0.6) is 0 Å². The van der Waals surface area contributed by atoms with E-state index in [4.69, 9.17) is 4.74 Å². The van der Waals surface area contributed by atoms with Gasteiger partial charge in [0, 0.05) is 24.4 Å². The minimum atomic E-state index is -0.576. The topological polar surface area (TPSA) is 61.9 Å². The highest BCUT2D eigenvalue weighted by molar-refractivity contribution is 5.90. The summed E-state index contributed by atoms with van der Waals surface area (Å²) in [7, 11) is 0. The second-order valence-electron chi connectivity index (χ2n) is 11.2. The predicted molar refractivity (Wildman–Crippen MR) is 130 cm³/mol. The molecule has 6 heteroatoms. The maximum atomic E-state index is 13.1. The number of rotatable bonds is 4. The molecule has 0 unspecified atom stereocenters. The van der Waals surface area contributed by atoms with Crippen molar-refractivity contribution < 1.29 is 14.3 Å². The molecule has 0 bridgehead atoms. The molecule has 1 fully saturated rings. The van der Waals surface area contributed by atoms with Gasteiger partial charge in [-0.15, -0.1) is 0 Å². The number of carbonyl (C=O) groups excluding carboxylic acids is 2. The average molecular weight is 444 g/mol. The molecule has 1 amide bonds. The molecule has 1 aliphatic carbocycles. The lowest BCUT2D eigenvalue weighted by Gasteiger charge is -2.37. The van der Waals surface area contributed by atoms with Crippen molar-refractivity contribution in [3.63, 3.8) is 0 Å². The summed E-state index contributed by atoms with van der Waals surface area (Å²) in [5.74, 6) is 0.148. The molecule has 1 atom stereocenters. The number of hydrogen-bond donors (Lipinski definition) is 1. The zero-order valence-corrected chi connectivity index (χ0v) is 20.7. The highest BCUT2D eigenvalue weighted by atomic mass is 16.6. The number of nitrogens with zero attached hydrogens (tertiary/aromatic N) is 2. The maximum absolute atomic E-state index is 13.1. The first kappa shape index (κ1) is 24.4. The van der Waals surface area contributed by atoms with E-state index >= 15 is 0 Å². The van der Waals surface area contributed by atoms with Crippen molar-refractivity contribution in [1.29, 1.82) is 0 Å². The van der Waals surface area contributed by atoms with E-state index in [2.05, 4.69) is 33.3 Å². The summed E-state index contributed by atoms with van der Waals surface area (Å²) in [6, 6.07) is 8.83. The largest absolute Gasteiger partial charge is 0.444 e. The van der Waals surface area contributed by atoms with Gasteiger partial charge in [-0.25, -0.2) is 4.79 Å². The SMILES string of the molecule is CC(C)(C)OC(=O)N[C@H]1CCN(C2CCCCC2)c2ccccc2N1CC(=O)C(C)(C)C. The van der Waals surface area contributed by atoms with Gasteiger partial charge in [-0.05, 0) is 45.7 Å². The molecule has 1 heterocycles. The molecule has 0 saturated heterocycles. The molecule has 1 aromatic rings. The van der Waals surface area contributed by atoms with E-state index in [0.29, 0.717) is 6.04 Å². The number of para-hydroxylation sites is 2. The highest BCUT2D eigenvalue weighted by Crippen LogP contribution is 2.38. The lowest BCUT2D eigenvalue weighted by atomic mass is 9.90. The molecule has 1 aromatic carbocycles. The Kier molecular flexibility index (Phi) is 7.41. The molecule has 178 valence electrons. The quantitative estimate of drug-likeness (QED) is 0.666. The van der Waals surface area contributed by atoms with Crippen LogP contribution in [0.3, 0.4) is 0 Å². The average Bonchev–Trinajstić information content (AvgIpc) is 2.84. The van der Waals surface area contributed by atoms with Crippen LogP contribution in [0.4, 0.5) is 16.2 Å². The van der Waals surface area contributed by atoms with Gasteiger partial charge in [0.25, 0.3) is 0 Å². The third-order valence-electron chi connectivity index (χ3n) is 6.37. The van der Waals surface area contributed by atoms with E-state index in [1.807, 2.05) is 47.6 Å². The number of ketones is 1. The molecule has 0 spiro atoms. The van der Waals surface area contributed by atoms with E-state index in [-0.39, 0.29) is 18.5 Å². The molecule has 1 saturated carbocycles.